The van der Waals surface area contributed by atoms with Crippen LogP contribution < -0.4 is 5.32 Å². The zero-order valence-corrected chi connectivity index (χ0v) is 8.51. The molecular weight excluding hydrogens is 211 g/mol. The van der Waals surface area contributed by atoms with Gasteiger partial charge in [0.05, 0.1) is 11.9 Å². The fraction of sp³-hybridized carbons (Fsp3) is 0.100. The maximum Gasteiger partial charge on any atom is 0.273 e. The summed E-state index contributed by atoms with van der Waals surface area (Å²) in [4.78, 5) is 15.1. The first-order valence-electron chi connectivity index (χ1n) is 4.58. The molecule has 0 saturated carbocycles. The Morgan fingerprint density at radius 3 is 2.81 bits per heavy atom. The maximum absolute atomic E-state index is 12.5. The predicted octanol–water partition coefficient (Wildman–Crippen LogP) is 1.21. The van der Waals surface area contributed by atoms with Crippen molar-refractivity contribution in [2.45, 2.75) is 0 Å². The number of hydrogen-bond acceptors (Lipinski definition) is 3. The lowest BCUT2D eigenvalue weighted by atomic mass is 10.3. The van der Waals surface area contributed by atoms with Crippen LogP contribution in [0.5, 0.6) is 0 Å². The van der Waals surface area contributed by atoms with Crippen LogP contribution in [0.1, 0.15) is 10.5 Å². The number of amides is 1. The fourth-order valence-electron chi connectivity index (χ4n) is 1.24. The topological polar surface area (TPSA) is 59.8 Å². The van der Waals surface area contributed by atoms with Gasteiger partial charge >= 0.3 is 0 Å². The van der Waals surface area contributed by atoms with Gasteiger partial charge in [-0.05, 0) is 18.2 Å². The third-order valence-electron chi connectivity index (χ3n) is 2.04. The van der Waals surface area contributed by atoms with Gasteiger partial charge in [-0.25, -0.2) is 4.98 Å². The zero-order chi connectivity index (χ0) is 11.5. The highest BCUT2D eigenvalue weighted by molar-refractivity contribution is 6.02. The molecule has 0 saturated heterocycles. The zero-order valence-electron chi connectivity index (χ0n) is 8.51. The lowest BCUT2D eigenvalue weighted by Crippen LogP contribution is -2.16. The molecule has 1 amide bonds. The quantitative estimate of drug-likeness (QED) is 0.774. The average molecular weight is 220 g/mol. The summed E-state index contributed by atoms with van der Waals surface area (Å²) in [7, 11) is 1.66. The molecule has 5 nitrogen and oxygen atoms in total. The highest BCUT2D eigenvalue weighted by Crippen LogP contribution is 2.07. The first kappa shape index (κ1) is 10.3. The second kappa shape index (κ2) is 4.09. The largest absolute Gasteiger partial charge is 0.319 e. The van der Waals surface area contributed by atoms with Crippen LogP contribution in [0.25, 0.3) is 0 Å². The van der Waals surface area contributed by atoms with Gasteiger partial charge in [0.1, 0.15) is 5.69 Å². The lowest BCUT2D eigenvalue weighted by molar-refractivity contribution is 0.101. The van der Waals surface area contributed by atoms with E-state index < -0.39 is 5.95 Å². The molecule has 2 aromatic rings. The van der Waals surface area contributed by atoms with Crippen molar-refractivity contribution in [2.24, 2.45) is 7.05 Å². The first-order valence-corrected chi connectivity index (χ1v) is 4.58. The summed E-state index contributed by atoms with van der Waals surface area (Å²) in [5.74, 6) is -0.896. The fourth-order valence-corrected chi connectivity index (χ4v) is 1.24. The first-order chi connectivity index (χ1) is 7.66. The molecule has 0 aliphatic heterocycles. The molecule has 0 aliphatic rings. The second-order valence-electron chi connectivity index (χ2n) is 3.16. The van der Waals surface area contributed by atoms with Crippen LogP contribution in [0.4, 0.5) is 10.1 Å². The number of aryl methyl sites for hydroxylation is 1. The van der Waals surface area contributed by atoms with Gasteiger partial charge < -0.3 is 5.32 Å². The molecule has 0 fully saturated rings. The SMILES string of the molecule is Cn1nccc1C(=O)Nc1ccc(F)nc1. The smallest absolute Gasteiger partial charge is 0.273 e. The summed E-state index contributed by atoms with van der Waals surface area (Å²) in [6.07, 6.45) is 2.78. The van der Waals surface area contributed by atoms with E-state index in [9.17, 15) is 9.18 Å². The van der Waals surface area contributed by atoms with Crippen molar-refractivity contribution in [1.29, 1.82) is 0 Å². The molecule has 2 heterocycles. The number of pyridine rings is 1. The average Bonchev–Trinajstić information content (AvgIpc) is 2.68. The molecule has 0 unspecified atom stereocenters. The third kappa shape index (κ3) is 2.05. The maximum atomic E-state index is 12.5. The third-order valence-corrected chi connectivity index (χ3v) is 2.04. The summed E-state index contributed by atoms with van der Waals surface area (Å²) in [6.45, 7) is 0. The van der Waals surface area contributed by atoms with Crippen molar-refractivity contribution in [3.05, 3.63) is 42.2 Å². The summed E-state index contributed by atoms with van der Waals surface area (Å²) in [5, 5.41) is 6.46. The van der Waals surface area contributed by atoms with Gasteiger partial charge in [-0.3, -0.25) is 9.48 Å². The van der Waals surface area contributed by atoms with E-state index in [1.54, 1.807) is 13.1 Å². The van der Waals surface area contributed by atoms with Crippen LogP contribution in [0.15, 0.2) is 30.6 Å². The van der Waals surface area contributed by atoms with Gasteiger partial charge in [0.15, 0.2) is 0 Å². The minimum Gasteiger partial charge on any atom is -0.319 e. The Hall–Kier alpha value is -2.24. The molecule has 0 radical (unpaired) electrons. The van der Waals surface area contributed by atoms with Crippen LogP contribution in [0.2, 0.25) is 0 Å². The van der Waals surface area contributed by atoms with Crippen LogP contribution in [-0.2, 0) is 7.05 Å². The van der Waals surface area contributed by atoms with Gasteiger partial charge in [-0.15, -0.1) is 0 Å². The molecular formula is C10H9FN4O. The molecule has 6 heteroatoms. The van der Waals surface area contributed by atoms with Crippen LogP contribution in [0, 0.1) is 5.95 Å². The van der Waals surface area contributed by atoms with E-state index in [-0.39, 0.29) is 5.91 Å². The van der Waals surface area contributed by atoms with E-state index in [0.717, 1.165) is 0 Å². The van der Waals surface area contributed by atoms with Crippen molar-refractivity contribution >= 4 is 11.6 Å². The van der Waals surface area contributed by atoms with Crippen molar-refractivity contribution in [3.8, 4) is 0 Å². The van der Waals surface area contributed by atoms with Gasteiger partial charge in [0, 0.05) is 13.2 Å². The number of nitrogens with zero attached hydrogens (tertiary/aromatic N) is 3. The van der Waals surface area contributed by atoms with E-state index in [0.29, 0.717) is 11.4 Å². The molecule has 16 heavy (non-hydrogen) atoms. The summed E-state index contributed by atoms with van der Waals surface area (Å²) < 4.78 is 14.0. The molecule has 1 N–H and O–H groups in total. The van der Waals surface area contributed by atoms with Crippen molar-refractivity contribution in [2.75, 3.05) is 5.32 Å². The summed E-state index contributed by atoms with van der Waals surface area (Å²) in [6, 6.07) is 4.21. The number of nitrogens with one attached hydrogen (secondary N) is 1. The highest BCUT2D eigenvalue weighted by Gasteiger charge is 2.09. The Bertz CT molecular complexity index is 506. The predicted molar refractivity (Wildman–Crippen MR) is 55.4 cm³/mol. The molecule has 0 atom stereocenters. The van der Waals surface area contributed by atoms with Gasteiger partial charge in [-0.1, -0.05) is 0 Å². The minimum atomic E-state index is -0.585. The number of rotatable bonds is 2. The highest BCUT2D eigenvalue weighted by atomic mass is 19.1. The molecule has 0 aliphatic carbocycles. The molecule has 2 aromatic heterocycles. The van der Waals surface area contributed by atoms with Crippen molar-refractivity contribution in [1.82, 2.24) is 14.8 Å². The molecule has 2 rings (SSSR count). The van der Waals surface area contributed by atoms with Gasteiger partial charge in [0.25, 0.3) is 5.91 Å². The van der Waals surface area contributed by atoms with Crippen LogP contribution in [-0.4, -0.2) is 20.7 Å². The molecule has 0 spiro atoms. The Morgan fingerprint density at radius 2 is 2.25 bits per heavy atom. The van der Waals surface area contributed by atoms with E-state index >= 15 is 0 Å². The number of carbonyl (C=O) groups is 1. The molecule has 82 valence electrons. The summed E-state index contributed by atoms with van der Waals surface area (Å²) in [5.41, 5.74) is 0.858. The van der Waals surface area contributed by atoms with Crippen molar-refractivity contribution in [3.63, 3.8) is 0 Å². The minimum absolute atomic E-state index is 0.312. The monoisotopic (exact) mass is 220 g/mol. The second-order valence-corrected chi connectivity index (χ2v) is 3.16. The number of halogens is 1. The van der Waals surface area contributed by atoms with E-state index in [1.807, 2.05) is 0 Å². The number of aromatic nitrogens is 3. The number of carbonyl (C=O) groups excluding carboxylic acids is 1. The Morgan fingerprint density at radius 1 is 1.44 bits per heavy atom. The Kier molecular flexibility index (Phi) is 2.63. The number of anilines is 1. The molecule has 0 bridgehead atoms. The van der Waals surface area contributed by atoms with Crippen LogP contribution >= 0.6 is 0 Å². The molecule has 0 aromatic carbocycles. The summed E-state index contributed by atoms with van der Waals surface area (Å²) >= 11 is 0. The number of hydrogen-bond donors (Lipinski definition) is 1. The van der Waals surface area contributed by atoms with Crippen molar-refractivity contribution < 1.29 is 9.18 Å². The standard InChI is InChI=1S/C10H9FN4O/c1-15-8(4-5-13-15)10(16)14-7-2-3-9(11)12-6-7/h2-6H,1H3,(H,14,16). The van der Waals surface area contributed by atoms with E-state index in [4.69, 9.17) is 0 Å². The van der Waals surface area contributed by atoms with Crippen LogP contribution in [0.3, 0.4) is 0 Å². The van der Waals surface area contributed by atoms with Gasteiger partial charge in [0.2, 0.25) is 5.95 Å². The Labute approximate surface area is 90.9 Å². The van der Waals surface area contributed by atoms with E-state index in [2.05, 4.69) is 15.4 Å². The van der Waals surface area contributed by atoms with E-state index in [1.165, 1.54) is 29.2 Å². The Balaban J connectivity index is 2.14. The normalized spacial score (nSPS) is 10.1. The lowest BCUT2D eigenvalue weighted by Gasteiger charge is -2.04. The van der Waals surface area contributed by atoms with Gasteiger partial charge in [-0.2, -0.15) is 9.49 Å².